The van der Waals surface area contributed by atoms with Gasteiger partial charge in [0.25, 0.3) is 5.91 Å². The molecule has 8 heteroatoms. The highest BCUT2D eigenvalue weighted by Crippen LogP contribution is 2.34. The zero-order valence-electron chi connectivity index (χ0n) is 14.9. The lowest BCUT2D eigenvalue weighted by Gasteiger charge is -2.22. The number of carbonyl (C=O) groups is 1. The predicted molar refractivity (Wildman–Crippen MR) is 116 cm³/mol. The lowest BCUT2D eigenvalue weighted by atomic mass is 10.1. The number of thiazole rings is 1. The average Bonchev–Trinajstić information content (AvgIpc) is 3.33. The smallest absolute Gasteiger partial charge is 0.257 e. The van der Waals surface area contributed by atoms with Crippen LogP contribution in [0.3, 0.4) is 0 Å². The molecule has 4 rings (SSSR count). The van der Waals surface area contributed by atoms with Crippen LogP contribution in [0.2, 0.25) is 5.02 Å². The summed E-state index contributed by atoms with van der Waals surface area (Å²) >= 11 is 10.8. The average molecular weight is 478 g/mol. The molecule has 1 amide bonds. The fourth-order valence-electron chi connectivity index (χ4n) is 3.33. The van der Waals surface area contributed by atoms with Crippen LogP contribution < -0.4 is 5.32 Å². The fraction of sp³-hybridized carbons (Fsp3) is 0.250. The summed E-state index contributed by atoms with van der Waals surface area (Å²) in [5.74, 6) is -0.151. The van der Waals surface area contributed by atoms with Gasteiger partial charge in [0.15, 0.2) is 5.13 Å². The minimum Gasteiger partial charge on any atom is -0.298 e. The number of hydrogen-bond acceptors (Lipinski definition) is 5. The van der Waals surface area contributed by atoms with E-state index in [0.717, 1.165) is 41.8 Å². The highest BCUT2D eigenvalue weighted by molar-refractivity contribution is 9.10. The Morgan fingerprint density at radius 2 is 2.11 bits per heavy atom. The minimum atomic E-state index is -0.151. The number of hydrogen-bond donors (Lipinski definition) is 1. The number of amides is 1. The van der Waals surface area contributed by atoms with E-state index in [-0.39, 0.29) is 11.9 Å². The summed E-state index contributed by atoms with van der Waals surface area (Å²) in [6.07, 6.45) is 3.86. The summed E-state index contributed by atoms with van der Waals surface area (Å²) in [6.45, 7) is 1.77. The van der Waals surface area contributed by atoms with Crippen LogP contribution in [0.4, 0.5) is 5.13 Å². The summed E-state index contributed by atoms with van der Waals surface area (Å²) in [7, 11) is 0. The normalized spacial score (nSPS) is 17.0. The van der Waals surface area contributed by atoms with Gasteiger partial charge in [0.1, 0.15) is 0 Å². The van der Waals surface area contributed by atoms with Crippen molar-refractivity contribution in [2.45, 2.75) is 25.4 Å². The molecular formula is C20H18BrClN4OS. The molecule has 0 unspecified atom stereocenters. The maximum Gasteiger partial charge on any atom is 0.257 e. The third-order valence-electron chi connectivity index (χ3n) is 4.71. The van der Waals surface area contributed by atoms with Crippen molar-refractivity contribution in [2.75, 3.05) is 11.9 Å². The number of aromatic nitrogens is 2. The fourth-order valence-corrected chi connectivity index (χ4v) is 4.45. The minimum absolute atomic E-state index is 0.151. The summed E-state index contributed by atoms with van der Waals surface area (Å²) < 4.78 is 0.942. The van der Waals surface area contributed by atoms with Crippen LogP contribution in [-0.2, 0) is 6.54 Å². The molecule has 0 saturated carbocycles. The van der Waals surface area contributed by atoms with E-state index in [1.54, 1.807) is 18.3 Å². The maximum atomic E-state index is 12.4. The van der Waals surface area contributed by atoms with Crippen LogP contribution in [-0.4, -0.2) is 27.3 Å². The lowest BCUT2D eigenvalue weighted by Crippen LogP contribution is -2.23. The predicted octanol–water partition coefficient (Wildman–Crippen LogP) is 5.54. The van der Waals surface area contributed by atoms with Crippen molar-refractivity contribution in [3.05, 3.63) is 74.4 Å². The van der Waals surface area contributed by atoms with Crippen LogP contribution >= 0.6 is 38.9 Å². The Labute approximate surface area is 180 Å². The van der Waals surface area contributed by atoms with Gasteiger partial charge >= 0.3 is 0 Å². The first-order chi connectivity index (χ1) is 13.6. The molecule has 5 nitrogen and oxygen atoms in total. The molecule has 0 spiro atoms. The second kappa shape index (κ2) is 8.69. The number of nitrogens with zero attached hydrogens (tertiary/aromatic N) is 3. The Hall–Kier alpha value is -1.80. The number of anilines is 1. The molecule has 3 aromatic rings. The molecule has 1 aliphatic rings. The number of benzene rings is 1. The molecule has 144 valence electrons. The SMILES string of the molecule is O=C(Nc1nc([C@@H]2CCCN2Cc2ccc(Cl)cn2)cs1)c1ccc(Br)cc1. The van der Waals surface area contributed by atoms with Gasteiger partial charge in [-0.3, -0.25) is 20.0 Å². The van der Waals surface area contributed by atoms with E-state index in [1.807, 2.05) is 29.6 Å². The van der Waals surface area contributed by atoms with E-state index in [0.29, 0.717) is 15.7 Å². The molecule has 0 aliphatic carbocycles. The van der Waals surface area contributed by atoms with Gasteiger partial charge in [-0.2, -0.15) is 0 Å². The second-order valence-electron chi connectivity index (χ2n) is 6.63. The quantitative estimate of drug-likeness (QED) is 0.524. The van der Waals surface area contributed by atoms with Crippen LogP contribution in [0.1, 0.15) is 40.6 Å². The number of carbonyl (C=O) groups excluding carboxylic acids is 1. The van der Waals surface area contributed by atoms with Crippen molar-refractivity contribution in [3.8, 4) is 0 Å². The first-order valence-corrected chi connectivity index (χ1v) is 11.0. The number of halogens is 2. The van der Waals surface area contributed by atoms with Gasteiger partial charge in [0.2, 0.25) is 0 Å². The zero-order valence-corrected chi connectivity index (χ0v) is 18.1. The highest BCUT2D eigenvalue weighted by atomic mass is 79.9. The topological polar surface area (TPSA) is 58.1 Å². The molecule has 1 N–H and O–H groups in total. The van der Waals surface area contributed by atoms with Gasteiger partial charge in [0, 0.05) is 28.2 Å². The van der Waals surface area contributed by atoms with Gasteiger partial charge < -0.3 is 0 Å². The van der Waals surface area contributed by atoms with Crippen LogP contribution in [0.5, 0.6) is 0 Å². The third kappa shape index (κ3) is 4.60. The maximum absolute atomic E-state index is 12.4. The summed E-state index contributed by atoms with van der Waals surface area (Å²) in [5, 5.41) is 6.21. The molecule has 3 heterocycles. The van der Waals surface area contributed by atoms with E-state index in [1.165, 1.54) is 11.3 Å². The van der Waals surface area contributed by atoms with Crippen molar-refractivity contribution >= 4 is 49.9 Å². The van der Waals surface area contributed by atoms with Crippen LogP contribution in [0.15, 0.2) is 52.4 Å². The zero-order chi connectivity index (χ0) is 19.5. The van der Waals surface area contributed by atoms with Crippen molar-refractivity contribution < 1.29 is 4.79 Å². The van der Waals surface area contributed by atoms with Gasteiger partial charge in [-0.1, -0.05) is 27.5 Å². The number of likely N-dealkylation sites (tertiary alicyclic amines) is 1. The monoisotopic (exact) mass is 476 g/mol. The van der Waals surface area contributed by atoms with Gasteiger partial charge in [-0.05, 0) is 55.8 Å². The largest absolute Gasteiger partial charge is 0.298 e. The first-order valence-electron chi connectivity index (χ1n) is 8.95. The van der Waals surface area contributed by atoms with E-state index < -0.39 is 0 Å². The molecule has 1 aliphatic heterocycles. The first kappa shape index (κ1) is 19.5. The molecule has 0 radical (unpaired) electrons. The van der Waals surface area contributed by atoms with Crippen molar-refractivity contribution in [1.29, 1.82) is 0 Å². The van der Waals surface area contributed by atoms with E-state index in [2.05, 4.69) is 36.1 Å². The van der Waals surface area contributed by atoms with Crippen molar-refractivity contribution in [1.82, 2.24) is 14.9 Å². The molecule has 1 aromatic carbocycles. The standard InChI is InChI=1S/C20H18BrClN4OS/c21-14-5-3-13(4-6-14)19(27)25-20-24-17(12-28-20)18-2-1-9-26(18)11-16-8-7-15(22)10-23-16/h3-8,10,12,18H,1-2,9,11H2,(H,24,25,27)/t18-/m0/s1. The van der Waals surface area contributed by atoms with E-state index in [4.69, 9.17) is 11.6 Å². The Balaban J connectivity index is 1.43. The van der Waals surface area contributed by atoms with Gasteiger partial charge in [-0.15, -0.1) is 11.3 Å². The third-order valence-corrected chi connectivity index (χ3v) is 6.24. The summed E-state index contributed by atoms with van der Waals surface area (Å²) in [5.41, 5.74) is 2.61. The Morgan fingerprint density at radius 1 is 1.29 bits per heavy atom. The van der Waals surface area contributed by atoms with Crippen LogP contribution in [0, 0.1) is 0 Å². The lowest BCUT2D eigenvalue weighted by molar-refractivity contribution is 0.102. The van der Waals surface area contributed by atoms with Gasteiger partial charge in [0.05, 0.1) is 22.5 Å². The number of pyridine rings is 1. The van der Waals surface area contributed by atoms with Gasteiger partial charge in [-0.25, -0.2) is 4.98 Å². The number of rotatable bonds is 5. The Morgan fingerprint density at radius 3 is 2.86 bits per heavy atom. The number of nitrogens with one attached hydrogen (secondary N) is 1. The molecular weight excluding hydrogens is 460 g/mol. The summed E-state index contributed by atoms with van der Waals surface area (Å²) in [6, 6.07) is 11.3. The molecule has 0 bridgehead atoms. The second-order valence-corrected chi connectivity index (χ2v) is 8.85. The highest BCUT2D eigenvalue weighted by Gasteiger charge is 2.28. The molecule has 1 atom stereocenters. The summed E-state index contributed by atoms with van der Waals surface area (Å²) in [4.78, 5) is 23.9. The Bertz CT molecular complexity index is 961. The molecule has 1 fully saturated rings. The molecule has 2 aromatic heterocycles. The molecule has 1 saturated heterocycles. The molecule has 28 heavy (non-hydrogen) atoms. The van der Waals surface area contributed by atoms with Crippen molar-refractivity contribution in [2.24, 2.45) is 0 Å². The Kier molecular flexibility index (Phi) is 6.06. The van der Waals surface area contributed by atoms with E-state index >= 15 is 0 Å². The van der Waals surface area contributed by atoms with E-state index in [9.17, 15) is 4.79 Å². The van der Waals surface area contributed by atoms with Crippen molar-refractivity contribution in [3.63, 3.8) is 0 Å². The van der Waals surface area contributed by atoms with Crippen LogP contribution in [0.25, 0.3) is 0 Å².